The van der Waals surface area contributed by atoms with Crippen molar-refractivity contribution in [3.63, 3.8) is 0 Å². The monoisotopic (exact) mass is 319 g/mol. The molecule has 0 bridgehead atoms. The van der Waals surface area contributed by atoms with E-state index in [1.165, 1.54) is 30.6 Å². The maximum Gasteiger partial charge on any atom is 0.231 e. The van der Waals surface area contributed by atoms with Crippen LogP contribution in [0.4, 0.5) is 5.13 Å². The second kappa shape index (κ2) is 5.65. The number of amides is 2. The number of anilines is 1. The van der Waals surface area contributed by atoms with E-state index in [9.17, 15) is 9.59 Å². The fraction of sp³-hybridized carbons (Fsp3) is 0.688. The summed E-state index contributed by atoms with van der Waals surface area (Å²) in [5.74, 6) is 0.548. The standard InChI is InChI=1S/C16H21N3O2S/c20-14-7-11(9-19(14)8-10-5-6-10)15(21)18-16-17-12-3-1-2-4-13(12)22-16/h10-11H,1-9H2,(H,17,18,21)/t11-/m0/s1. The van der Waals surface area contributed by atoms with E-state index >= 15 is 0 Å². The molecule has 6 heteroatoms. The van der Waals surface area contributed by atoms with Gasteiger partial charge in [-0.15, -0.1) is 11.3 Å². The number of likely N-dealkylation sites (tertiary alicyclic amines) is 1. The van der Waals surface area contributed by atoms with E-state index in [1.54, 1.807) is 11.3 Å². The first-order valence-corrected chi connectivity index (χ1v) is 9.08. The van der Waals surface area contributed by atoms with Crippen molar-refractivity contribution in [2.75, 3.05) is 18.4 Å². The number of nitrogens with one attached hydrogen (secondary N) is 1. The highest BCUT2D eigenvalue weighted by Gasteiger charge is 2.37. The minimum atomic E-state index is -0.216. The Bertz CT molecular complexity index is 585. The van der Waals surface area contributed by atoms with Gasteiger partial charge in [-0.2, -0.15) is 0 Å². The summed E-state index contributed by atoms with van der Waals surface area (Å²) in [7, 11) is 0. The average molecular weight is 319 g/mol. The van der Waals surface area contributed by atoms with Gasteiger partial charge in [-0.1, -0.05) is 0 Å². The Morgan fingerprint density at radius 1 is 1.32 bits per heavy atom. The van der Waals surface area contributed by atoms with Crippen LogP contribution in [-0.4, -0.2) is 34.8 Å². The van der Waals surface area contributed by atoms with Gasteiger partial charge < -0.3 is 10.2 Å². The number of hydrogen-bond acceptors (Lipinski definition) is 4. The fourth-order valence-electron chi connectivity index (χ4n) is 3.35. The number of carbonyl (C=O) groups is 2. The maximum atomic E-state index is 12.4. The van der Waals surface area contributed by atoms with Gasteiger partial charge >= 0.3 is 0 Å². The number of aromatic nitrogens is 1. The molecular formula is C16H21N3O2S. The SMILES string of the molecule is O=C(Nc1nc2c(s1)CCCC2)[C@H]1CC(=O)N(CC2CC2)C1. The fourth-order valence-corrected chi connectivity index (χ4v) is 4.40. The van der Waals surface area contributed by atoms with Gasteiger partial charge in [0.2, 0.25) is 11.8 Å². The first-order valence-electron chi connectivity index (χ1n) is 8.26. The van der Waals surface area contributed by atoms with Gasteiger partial charge in [0.05, 0.1) is 11.6 Å². The quantitative estimate of drug-likeness (QED) is 0.925. The van der Waals surface area contributed by atoms with Crippen LogP contribution in [0.5, 0.6) is 0 Å². The summed E-state index contributed by atoms with van der Waals surface area (Å²) in [4.78, 5) is 32.1. The second-order valence-electron chi connectivity index (χ2n) is 6.73. The predicted molar refractivity (Wildman–Crippen MR) is 84.8 cm³/mol. The number of hydrogen-bond donors (Lipinski definition) is 1. The van der Waals surface area contributed by atoms with E-state index in [0.29, 0.717) is 24.0 Å². The number of nitrogens with zero attached hydrogens (tertiary/aromatic N) is 2. The summed E-state index contributed by atoms with van der Waals surface area (Å²) in [5.41, 5.74) is 1.16. The van der Waals surface area contributed by atoms with Crippen molar-refractivity contribution in [1.82, 2.24) is 9.88 Å². The Morgan fingerprint density at radius 2 is 2.14 bits per heavy atom. The Balaban J connectivity index is 1.37. The molecule has 0 unspecified atom stereocenters. The number of aryl methyl sites for hydroxylation is 2. The van der Waals surface area contributed by atoms with Crippen molar-refractivity contribution < 1.29 is 9.59 Å². The zero-order valence-electron chi connectivity index (χ0n) is 12.6. The minimum Gasteiger partial charge on any atom is -0.342 e. The normalized spacial score (nSPS) is 24.5. The van der Waals surface area contributed by atoms with Crippen LogP contribution in [0, 0.1) is 11.8 Å². The van der Waals surface area contributed by atoms with E-state index in [1.807, 2.05) is 4.90 Å². The van der Waals surface area contributed by atoms with Crippen LogP contribution < -0.4 is 5.32 Å². The van der Waals surface area contributed by atoms with E-state index in [-0.39, 0.29) is 17.7 Å². The van der Waals surface area contributed by atoms with Crippen LogP contribution >= 0.6 is 11.3 Å². The zero-order chi connectivity index (χ0) is 15.1. The molecule has 2 heterocycles. The Hall–Kier alpha value is -1.43. The van der Waals surface area contributed by atoms with Gasteiger partial charge in [-0.3, -0.25) is 9.59 Å². The first kappa shape index (κ1) is 14.2. The smallest absolute Gasteiger partial charge is 0.231 e. The molecule has 0 radical (unpaired) electrons. The lowest BCUT2D eigenvalue weighted by Crippen LogP contribution is -2.29. The van der Waals surface area contributed by atoms with Crippen LogP contribution in [0.25, 0.3) is 0 Å². The van der Waals surface area contributed by atoms with E-state index in [2.05, 4.69) is 10.3 Å². The Kier molecular flexibility index (Phi) is 3.64. The first-order chi connectivity index (χ1) is 10.7. The van der Waals surface area contributed by atoms with E-state index in [4.69, 9.17) is 0 Å². The van der Waals surface area contributed by atoms with Crippen molar-refractivity contribution in [2.45, 2.75) is 44.9 Å². The molecule has 1 N–H and O–H groups in total. The van der Waals surface area contributed by atoms with Gasteiger partial charge in [0.1, 0.15) is 0 Å². The van der Waals surface area contributed by atoms with Crippen molar-refractivity contribution in [3.05, 3.63) is 10.6 Å². The highest BCUT2D eigenvalue weighted by Crippen LogP contribution is 2.33. The zero-order valence-corrected chi connectivity index (χ0v) is 13.5. The topological polar surface area (TPSA) is 62.3 Å². The lowest BCUT2D eigenvalue weighted by atomic mass is 10.0. The van der Waals surface area contributed by atoms with Crippen LogP contribution in [0.3, 0.4) is 0 Å². The molecule has 0 aromatic carbocycles. The summed E-state index contributed by atoms with van der Waals surface area (Å²) in [6.45, 7) is 1.42. The summed E-state index contributed by atoms with van der Waals surface area (Å²) < 4.78 is 0. The minimum absolute atomic E-state index is 0.0438. The summed E-state index contributed by atoms with van der Waals surface area (Å²) in [5, 5.41) is 3.65. The molecule has 1 aromatic heterocycles. The van der Waals surface area contributed by atoms with E-state index in [0.717, 1.165) is 25.1 Å². The predicted octanol–water partition coefficient (Wildman–Crippen LogP) is 2.22. The molecule has 2 amide bonds. The summed E-state index contributed by atoms with van der Waals surface area (Å²) in [6.07, 6.45) is 7.33. The van der Waals surface area contributed by atoms with Gasteiger partial charge in [-0.25, -0.2) is 4.98 Å². The van der Waals surface area contributed by atoms with Gasteiger partial charge in [-0.05, 0) is 44.4 Å². The second-order valence-corrected chi connectivity index (χ2v) is 7.81. The van der Waals surface area contributed by atoms with Gasteiger partial charge in [0.25, 0.3) is 0 Å². The third-order valence-electron chi connectivity index (χ3n) is 4.84. The molecule has 5 nitrogen and oxygen atoms in total. The Morgan fingerprint density at radius 3 is 2.91 bits per heavy atom. The van der Waals surface area contributed by atoms with Crippen LogP contribution in [0.1, 0.15) is 42.7 Å². The summed E-state index contributed by atoms with van der Waals surface area (Å²) >= 11 is 1.60. The van der Waals surface area contributed by atoms with Gasteiger partial charge in [0.15, 0.2) is 5.13 Å². The molecule has 2 aliphatic carbocycles. The van der Waals surface area contributed by atoms with Crippen molar-refractivity contribution in [3.8, 4) is 0 Å². The van der Waals surface area contributed by atoms with Crippen molar-refractivity contribution >= 4 is 28.3 Å². The third kappa shape index (κ3) is 2.89. The molecule has 1 aliphatic heterocycles. The number of rotatable bonds is 4. The molecule has 2 fully saturated rings. The molecule has 22 heavy (non-hydrogen) atoms. The highest BCUT2D eigenvalue weighted by molar-refractivity contribution is 7.15. The molecule has 1 aromatic rings. The van der Waals surface area contributed by atoms with Crippen molar-refractivity contribution in [2.24, 2.45) is 11.8 Å². The molecule has 118 valence electrons. The van der Waals surface area contributed by atoms with Crippen LogP contribution in [0.2, 0.25) is 0 Å². The number of fused-ring (bicyclic) bond motifs is 1. The maximum absolute atomic E-state index is 12.4. The number of carbonyl (C=O) groups excluding carboxylic acids is 2. The lowest BCUT2D eigenvalue weighted by molar-refractivity contribution is -0.128. The number of thiazole rings is 1. The van der Waals surface area contributed by atoms with Crippen LogP contribution in [-0.2, 0) is 22.4 Å². The largest absolute Gasteiger partial charge is 0.342 e. The van der Waals surface area contributed by atoms with E-state index < -0.39 is 0 Å². The molecular weight excluding hydrogens is 298 g/mol. The van der Waals surface area contributed by atoms with Crippen LogP contribution in [0.15, 0.2) is 0 Å². The summed E-state index contributed by atoms with van der Waals surface area (Å²) in [6, 6.07) is 0. The van der Waals surface area contributed by atoms with Crippen molar-refractivity contribution in [1.29, 1.82) is 0 Å². The molecule has 0 spiro atoms. The lowest BCUT2D eigenvalue weighted by Gasteiger charge is -2.15. The molecule has 3 aliphatic rings. The highest BCUT2D eigenvalue weighted by atomic mass is 32.1. The molecule has 1 saturated heterocycles. The molecule has 4 rings (SSSR count). The average Bonchev–Trinajstić information content (AvgIpc) is 3.10. The molecule has 1 atom stereocenters. The Labute approximate surface area is 134 Å². The third-order valence-corrected chi connectivity index (χ3v) is 5.91. The molecule has 1 saturated carbocycles. The van der Waals surface area contributed by atoms with Gasteiger partial charge in [0, 0.05) is 24.4 Å².